The number of fused-ring (bicyclic) bond motifs is 1. The van der Waals surface area contributed by atoms with E-state index in [9.17, 15) is 0 Å². The van der Waals surface area contributed by atoms with Crippen LogP contribution in [-0.2, 0) is 14.2 Å². The van der Waals surface area contributed by atoms with E-state index >= 15 is 0 Å². The van der Waals surface area contributed by atoms with Crippen LogP contribution in [-0.4, -0.2) is 67.7 Å². The van der Waals surface area contributed by atoms with Crippen molar-refractivity contribution >= 4 is 16.6 Å². The van der Waals surface area contributed by atoms with Gasteiger partial charge in [0.1, 0.15) is 0 Å². The van der Waals surface area contributed by atoms with Crippen molar-refractivity contribution in [2.45, 2.75) is 44.6 Å². The quantitative estimate of drug-likeness (QED) is 0.787. The van der Waals surface area contributed by atoms with Gasteiger partial charge in [0, 0.05) is 68.5 Å². The van der Waals surface area contributed by atoms with Crippen molar-refractivity contribution < 1.29 is 15.6 Å². The summed E-state index contributed by atoms with van der Waals surface area (Å²) in [6.07, 6.45) is 4.30. The van der Waals surface area contributed by atoms with E-state index in [0.717, 1.165) is 54.5 Å². The highest BCUT2D eigenvalue weighted by Gasteiger charge is 2.28. The Morgan fingerprint density at radius 1 is 1.33 bits per heavy atom. The number of ether oxygens (including phenoxy) is 3. The first-order valence-corrected chi connectivity index (χ1v) is 11.0. The van der Waals surface area contributed by atoms with E-state index in [1.54, 1.807) is 0 Å². The van der Waals surface area contributed by atoms with Crippen LogP contribution in [0.25, 0.3) is 10.9 Å². The summed E-state index contributed by atoms with van der Waals surface area (Å²) in [6, 6.07) is 4.51. The van der Waals surface area contributed by atoms with Crippen molar-refractivity contribution in [3.63, 3.8) is 0 Å². The van der Waals surface area contributed by atoms with E-state index in [1.165, 1.54) is 11.1 Å². The molecule has 1 aromatic carbocycles. The standard InChI is InChI=1S/C23H32N4O3/c1-15-12-19(20-13-16(24)4-9-29-20)22-18(2-5-25-22)21(15)23-26-17(14-30-23)3-6-27-7-10-28-11-8-27/h2,5,12,16,20,23,25H,3-4,6-11,13-14,24H2,1H3/t16?,20?,23-/m1/s1/i7D/t7?,16?,20?,23-. The first kappa shape index (κ1) is 19.0. The maximum atomic E-state index is 8.10. The van der Waals surface area contributed by atoms with E-state index in [-0.39, 0.29) is 24.9 Å². The summed E-state index contributed by atoms with van der Waals surface area (Å²) in [6.45, 7) is 5.92. The number of aromatic nitrogens is 1. The Bertz CT molecular complexity index is 962. The molecule has 2 aromatic rings. The SMILES string of the molecule is [2H]C1COCCN1CCC1=N[C@@H](c2c(C)cc(C3CC(N)CCO3)c3[nH]ccc23)OC1. The molecule has 0 aliphatic carbocycles. The third-order valence-electron chi connectivity index (χ3n) is 6.41. The molecule has 5 rings (SSSR count). The van der Waals surface area contributed by atoms with Gasteiger partial charge in [-0.15, -0.1) is 0 Å². The minimum atomic E-state index is -0.284. The van der Waals surface area contributed by atoms with Crippen LogP contribution in [0.2, 0.25) is 0 Å². The van der Waals surface area contributed by atoms with Crippen molar-refractivity contribution in [1.29, 1.82) is 0 Å². The normalized spacial score (nSPS) is 31.1. The van der Waals surface area contributed by atoms with Crippen LogP contribution in [0.1, 0.15) is 49.7 Å². The monoisotopic (exact) mass is 413 g/mol. The van der Waals surface area contributed by atoms with E-state index in [4.69, 9.17) is 26.3 Å². The number of morpholine rings is 1. The highest BCUT2D eigenvalue weighted by Crippen LogP contribution is 2.39. The van der Waals surface area contributed by atoms with Crippen LogP contribution >= 0.6 is 0 Å². The number of aromatic amines is 1. The van der Waals surface area contributed by atoms with Crippen molar-refractivity contribution in [3.05, 3.63) is 35.0 Å². The number of rotatable bonds is 5. The maximum Gasteiger partial charge on any atom is 0.175 e. The Morgan fingerprint density at radius 2 is 2.27 bits per heavy atom. The molecule has 3 aliphatic heterocycles. The van der Waals surface area contributed by atoms with E-state index in [0.29, 0.717) is 26.4 Å². The van der Waals surface area contributed by atoms with Crippen LogP contribution in [0.15, 0.2) is 23.3 Å². The highest BCUT2D eigenvalue weighted by molar-refractivity contribution is 5.90. The third kappa shape index (κ3) is 4.05. The first-order chi connectivity index (χ1) is 15.1. The molecular weight excluding hydrogens is 380 g/mol. The number of aryl methyl sites for hydroxylation is 1. The van der Waals surface area contributed by atoms with Gasteiger partial charge in [-0.05, 0) is 31.4 Å². The average molecular weight is 414 g/mol. The average Bonchev–Trinajstić information content (AvgIpc) is 3.42. The number of nitrogens with one attached hydrogen (secondary N) is 1. The smallest absolute Gasteiger partial charge is 0.175 e. The Labute approximate surface area is 179 Å². The first-order valence-electron chi connectivity index (χ1n) is 11.6. The van der Waals surface area contributed by atoms with Gasteiger partial charge < -0.3 is 24.9 Å². The van der Waals surface area contributed by atoms with Gasteiger partial charge in [-0.2, -0.15) is 0 Å². The fraction of sp³-hybridized carbons (Fsp3) is 0.609. The van der Waals surface area contributed by atoms with E-state index in [2.05, 4.69) is 28.9 Å². The zero-order chi connectivity index (χ0) is 21.4. The predicted molar refractivity (Wildman–Crippen MR) is 117 cm³/mol. The van der Waals surface area contributed by atoms with Crippen molar-refractivity contribution in [3.8, 4) is 0 Å². The molecule has 3 aliphatic rings. The molecule has 4 heterocycles. The van der Waals surface area contributed by atoms with Crippen molar-refractivity contribution in [2.75, 3.05) is 46.0 Å². The minimum absolute atomic E-state index is 0.0209. The summed E-state index contributed by atoms with van der Waals surface area (Å²) in [5, 5.41) is 1.15. The highest BCUT2D eigenvalue weighted by atomic mass is 16.5. The maximum absolute atomic E-state index is 8.10. The molecular formula is C23H32N4O3. The topological polar surface area (TPSA) is 85.1 Å². The number of aliphatic imine (C=N–C) groups is 1. The fourth-order valence-corrected chi connectivity index (χ4v) is 4.74. The fourth-order valence-electron chi connectivity index (χ4n) is 4.74. The minimum Gasteiger partial charge on any atom is -0.379 e. The Hall–Kier alpha value is -1.77. The Balaban J connectivity index is 1.36. The van der Waals surface area contributed by atoms with Gasteiger partial charge in [-0.1, -0.05) is 6.07 Å². The van der Waals surface area contributed by atoms with Crippen LogP contribution in [0, 0.1) is 6.92 Å². The van der Waals surface area contributed by atoms with Crippen molar-refractivity contribution in [1.82, 2.24) is 9.88 Å². The van der Waals surface area contributed by atoms with Crippen LogP contribution in [0.3, 0.4) is 0 Å². The second kappa shape index (κ2) is 8.77. The van der Waals surface area contributed by atoms with Crippen LogP contribution in [0.5, 0.6) is 0 Å². The van der Waals surface area contributed by atoms with Crippen LogP contribution in [0.4, 0.5) is 0 Å². The molecule has 1 aromatic heterocycles. The molecule has 0 saturated carbocycles. The molecule has 3 unspecified atom stereocenters. The van der Waals surface area contributed by atoms with Gasteiger partial charge in [0.25, 0.3) is 0 Å². The largest absolute Gasteiger partial charge is 0.379 e. The van der Waals surface area contributed by atoms with Gasteiger partial charge in [-0.3, -0.25) is 9.89 Å². The lowest BCUT2D eigenvalue weighted by atomic mass is 9.92. The summed E-state index contributed by atoms with van der Waals surface area (Å²) >= 11 is 0. The Morgan fingerprint density at radius 3 is 3.13 bits per heavy atom. The van der Waals surface area contributed by atoms with E-state index < -0.39 is 0 Å². The lowest BCUT2D eigenvalue weighted by molar-refractivity contribution is 0.00739. The zero-order valence-electron chi connectivity index (χ0n) is 18.6. The molecule has 2 fully saturated rings. The molecule has 3 N–H and O–H groups in total. The lowest BCUT2D eigenvalue weighted by Crippen LogP contribution is -2.37. The molecule has 0 radical (unpaired) electrons. The molecule has 30 heavy (non-hydrogen) atoms. The predicted octanol–water partition coefficient (Wildman–Crippen LogP) is 2.85. The number of H-pyrrole nitrogens is 1. The molecule has 0 amide bonds. The molecule has 2 saturated heterocycles. The lowest BCUT2D eigenvalue weighted by Gasteiger charge is -2.28. The van der Waals surface area contributed by atoms with Gasteiger partial charge in [0.05, 0.1) is 31.4 Å². The van der Waals surface area contributed by atoms with E-state index in [1.807, 2.05) is 6.20 Å². The summed E-state index contributed by atoms with van der Waals surface area (Å²) < 4.78 is 25.6. The zero-order valence-corrected chi connectivity index (χ0v) is 17.6. The number of hydrogen-bond donors (Lipinski definition) is 2. The van der Waals surface area contributed by atoms with Crippen molar-refractivity contribution in [2.24, 2.45) is 10.7 Å². The molecule has 4 atom stereocenters. The number of benzene rings is 1. The van der Waals surface area contributed by atoms with Gasteiger partial charge in [0.15, 0.2) is 6.23 Å². The second-order valence-electron chi connectivity index (χ2n) is 8.51. The molecule has 7 nitrogen and oxygen atoms in total. The molecule has 0 bridgehead atoms. The summed E-state index contributed by atoms with van der Waals surface area (Å²) in [5.41, 5.74) is 11.8. The van der Waals surface area contributed by atoms with Gasteiger partial charge in [-0.25, -0.2) is 0 Å². The number of nitrogens with two attached hydrogens (primary N) is 1. The van der Waals surface area contributed by atoms with Crippen LogP contribution < -0.4 is 5.73 Å². The Kier molecular flexibility index (Phi) is 5.54. The molecule has 162 valence electrons. The van der Waals surface area contributed by atoms with Gasteiger partial charge >= 0.3 is 0 Å². The summed E-state index contributed by atoms with van der Waals surface area (Å²) in [7, 11) is 0. The van der Waals surface area contributed by atoms with Gasteiger partial charge in [0.2, 0.25) is 0 Å². The second-order valence-corrected chi connectivity index (χ2v) is 8.51. The summed E-state index contributed by atoms with van der Waals surface area (Å²) in [5.74, 6) is 0. The molecule has 0 spiro atoms. The number of nitrogens with zero attached hydrogens (tertiary/aromatic N) is 2. The molecule has 7 heteroatoms. The number of hydrogen-bond acceptors (Lipinski definition) is 6. The third-order valence-corrected chi connectivity index (χ3v) is 6.41. The summed E-state index contributed by atoms with van der Waals surface area (Å²) in [4.78, 5) is 10.5.